The van der Waals surface area contributed by atoms with Crippen molar-refractivity contribution in [1.82, 2.24) is 15.1 Å². The van der Waals surface area contributed by atoms with E-state index in [2.05, 4.69) is 16.5 Å². The number of carbonyl (C=O) groups is 1. The quantitative estimate of drug-likeness (QED) is 0.936. The molecule has 0 aliphatic carbocycles. The molecule has 0 radical (unpaired) electrons. The summed E-state index contributed by atoms with van der Waals surface area (Å²) in [5.41, 5.74) is 3.67. The molecule has 1 amide bonds. The van der Waals surface area contributed by atoms with Gasteiger partial charge in [-0.25, -0.2) is 4.68 Å². The van der Waals surface area contributed by atoms with Crippen LogP contribution in [-0.4, -0.2) is 22.2 Å². The topological polar surface area (TPSA) is 70.7 Å². The molecule has 0 atom stereocenters. The zero-order valence-corrected chi connectivity index (χ0v) is 12.5. The highest BCUT2D eigenvalue weighted by Gasteiger charge is 2.17. The van der Waals surface area contributed by atoms with E-state index in [1.807, 2.05) is 32.9 Å². The van der Waals surface area contributed by atoms with E-state index >= 15 is 0 Å². The minimum absolute atomic E-state index is 0.148. The van der Waals surface area contributed by atoms with Gasteiger partial charge in [0, 0.05) is 17.8 Å². The molecule has 0 saturated carbocycles. The molecule has 1 N–H and O–H groups in total. The largest absolute Gasteiger partial charge is 0.351 e. The summed E-state index contributed by atoms with van der Waals surface area (Å²) in [4.78, 5) is 12.1. The van der Waals surface area contributed by atoms with Crippen molar-refractivity contribution in [3.8, 4) is 11.8 Å². The van der Waals surface area contributed by atoms with Crippen molar-refractivity contribution in [2.45, 2.75) is 27.2 Å². The predicted molar refractivity (Wildman–Crippen MR) is 80.4 cm³/mol. The highest BCUT2D eigenvalue weighted by molar-refractivity contribution is 5.94. The molecule has 5 heteroatoms. The minimum Gasteiger partial charge on any atom is -0.351 e. The molecule has 0 spiro atoms. The number of carbonyl (C=O) groups excluding carboxylic acids is 1. The smallest absolute Gasteiger partial charge is 0.272 e. The van der Waals surface area contributed by atoms with Crippen molar-refractivity contribution in [3.63, 3.8) is 0 Å². The van der Waals surface area contributed by atoms with Crippen LogP contribution in [0.1, 0.15) is 40.7 Å². The van der Waals surface area contributed by atoms with Crippen LogP contribution < -0.4 is 5.32 Å². The third-order valence-electron chi connectivity index (χ3n) is 3.41. The van der Waals surface area contributed by atoms with Crippen molar-refractivity contribution < 1.29 is 4.79 Å². The molecule has 21 heavy (non-hydrogen) atoms. The Hall–Kier alpha value is -2.61. The fourth-order valence-corrected chi connectivity index (χ4v) is 2.05. The van der Waals surface area contributed by atoms with Gasteiger partial charge in [0.2, 0.25) is 0 Å². The van der Waals surface area contributed by atoms with Gasteiger partial charge in [-0.15, -0.1) is 0 Å². The molecule has 1 aromatic heterocycles. The SMILES string of the molecule is CCCNC(=O)c1nn(-c2ccc(C#N)cc2)c(C)c1C. The maximum absolute atomic E-state index is 12.1. The summed E-state index contributed by atoms with van der Waals surface area (Å²) in [6, 6.07) is 9.21. The molecule has 0 saturated heterocycles. The predicted octanol–water partition coefficient (Wildman–Crippen LogP) is 2.50. The maximum Gasteiger partial charge on any atom is 0.272 e. The van der Waals surface area contributed by atoms with Crippen molar-refractivity contribution in [2.24, 2.45) is 0 Å². The van der Waals surface area contributed by atoms with Gasteiger partial charge in [0.15, 0.2) is 5.69 Å². The van der Waals surface area contributed by atoms with Crippen LogP contribution in [-0.2, 0) is 0 Å². The van der Waals surface area contributed by atoms with Gasteiger partial charge in [0.05, 0.1) is 17.3 Å². The highest BCUT2D eigenvalue weighted by atomic mass is 16.1. The van der Waals surface area contributed by atoms with Gasteiger partial charge in [-0.05, 0) is 44.5 Å². The first-order valence-corrected chi connectivity index (χ1v) is 6.93. The molecule has 108 valence electrons. The average Bonchev–Trinajstić information content (AvgIpc) is 2.81. The zero-order valence-electron chi connectivity index (χ0n) is 12.5. The van der Waals surface area contributed by atoms with E-state index in [9.17, 15) is 4.79 Å². The van der Waals surface area contributed by atoms with Crippen LogP contribution >= 0.6 is 0 Å². The fraction of sp³-hybridized carbons (Fsp3) is 0.312. The summed E-state index contributed by atoms with van der Waals surface area (Å²) in [5.74, 6) is -0.148. The van der Waals surface area contributed by atoms with Crippen molar-refractivity contribution in [2.75, 3.05) is 6.54 Å². The van der Waals surface area contributed by atoms with Crippen LogP contribution in [0, 0.1) is 25.2 Å². The van der Waals surface area contributed by atoms with Crippen LogP contribution in [0.5, 0.6) is 0 Å². The molecule has 2 rings (SSSR count). The summed E-state index contributed by atoms with van der Waals surface area (Å²) in [5, 5.41) is 16.1. The molecule has 2 aromatic rings. The highest BCUT2D eigenvalue weighted by Crippen LogP contribution is 2.18. The maximum atomic E-state index is 12.1. The molecule has 0 unspecified atom stereocenters. The minimum atomic E-state index is -0.148. The average molecular weight is 282 g/mol. The number of benzene rings is 1. The van der Waals surface area contributed by atoms with Gasteiger partial charge in [-0.3, -0.25) is 4.79 Å². The lowest BCUT2D eigenvalue weighted by molar-refractivity contribution is 0.0947. The van der Waals surface area contributed by atoms with Gasteiger partial charge >= 0.3 is 0 Å². The lowest BCUT2D eigenvalue weighted by Crippen LogP contribution is -2.25. The first-order valence-electron chi connectivity index (χ1n) is 6.93. The number of hydrogen-bond acceptors (Lipinski definition) is 3. The molecular weight excluding hydrogens is 264 g/mol. The van der Waals surface area contributed by atoms with E-state index in [1.54, 1.807) is 16.8 Å². The Morgan fingerprint density at radius 1 is 1.33 bits per heavy atom. The molecule has 1 heterocycles. The molecule has 1 aromatic carbocycles. The Morgan fingerprint density at radius 3 is 2.57 bits per heavy atom. The van der Waals surface area contributed by atoms with E-state index in [0.29, 0.717) is 17.8 Å². The van der Waals surface area contributed by atoms with Crippen LogP contribution in [0.4, 0.5) is 0 Å². The third kappa shape index (κ3) is 2.95. The first kappa shape index (κ1) is 14.8. The monoisotopic (exact) mass is 282 g/mol. The van der Waals surface area contributed by atoms with E-state index in [-0.39, 0.29) is 5.91 Å². The van der Waals surface area contributed by atoms with Crippen LogP contribution in [0.2, 0.25) is 0 Å². The second kappa shape index (κ2) is 6.23. The number of amides is 1. The summed E-state index contributed by atoms with van der Waals surface area (Å²) in [7, 11) is 0. The number of rotatable bonds is 4. The van der Waals surface area contributed by atoms with Crippen molar-refractivity contribution >= 4 is 5.91 Å². The van der Waals surface area contributed by atoms with Crippen molar-refractivity contribution in [3.05, 3.63) is 46.8 Å². The molecule has 5 nitrogen and oxygen atoms in total. The Morgan fingerprint density at radius 2 is 2.00 bits per heavy atom. The van der Waals surface area contributed by atoms with Gasteiger partial charge in [0.25, 0.3) is 5.91 Å². The van der Waals surface area contributed by atoms with E-state index in [4.69, 9.17) is 5.26 Å². The number of nitrogens with one attached hydrogen (secondary N) is 1. The Kier molecular flexibility index (Phi) is 4.39. The van der Waals surface area contributed by atoms with Crippen LogP contribution in [0.3, 0.4) is 0 Å². The summed E-state index contributed by atoms with van der Waals surface area (Å²) in [6.07, 6.45) is 0.889. The van der Waals surface area contributed by atoms with E-state index in [0.717, 1.165) is 23.4 Å². The number of nitriles is 1. The number of hydrogen-bond donors (Lipinski definition) is 1. The lowest BCUT2D eigenvalue weighted by Gasteiger charge is -2.04. The van der Waals surface area contributed by atoms with Gasteiger partial charge in [0.1, 0.15) is 0 Å². The Bertz CT molecular complexity index is 692. The fourth-order valence-electron chi connectivity index (χ4n) is 2.05. The van der Waals surface area contributed by atoms with Gasteiger partial charge in [-0.1, -0.05) is 6.92 Å². The summed E-state index contributed by atoms with van der Waals surface area (Å²) >= 11 is 0. The molecular formula is C16H18N4O. The molecule has 0 aliphatic rings. The van der Waals surface area contributed by atoms with Crippen molar-refractivity contribution in [1.29, 1.82) is 5.26 Å². The number of nitrogens with zero attached hydrogens (tertiary/aromatic N) is 3. The summed E-state index contributed by atoms with van der Waals surface area (Å²) in [6.45, 7) is 6.47. The first-order chi connectivity index (χ1) is 10.1. The Labute approximate surface area is 124 Å². The second-order valence-corrected chi connectivity index (χ2v) is 4.89. The number of aromatic nitrogens is 2. The third-order valence-corrected chi connectivity index (χ3v) is 3.41. The Balaban J connectivity index is 2.37. The molecule has 0 aliphatic heterocycles. The van der Waals surface area contributed by atoms with E-state index in [1.165, 1.54) is 0 Å². The zero-order chi connectivity index (χ0) is 15.4. The normalized spacial score (nSPS) is 10.2. The van der Waals surface area contributed by atoms with Crippen LogP contribution in [0.15, 0.2) is 24.3 Å². The second-order valence-electron chi connectivity index (χ2n) is 4.89. The molecule has 0 bridgehead atoms. The van der Waals surface area contributed by atoms with Gasteiger partial charge < -0.3 is 5.32 Å². The standard InChI is InChI=1S/C16H18N4O/c1-4-9-18-16(21)15-11(2)12(3)20(19-15)14-7-5-13(10-17)6-8-14/h5-8H,4,9H2,1-3H3,(H,18,21). The molecule has 0 fully saturated rings. The van der Waals surface area contributed by atoms with E-state index < -0.39 is 0 Å². The lowest BCUT2D eigenvalue weighted by atomic mass is 10.2. The summed E-state index contributed by atoms with van der Waals surface area (Å²) < 4.78 is 1.73. The van der Waals surface area contributed by atoms with Gasteiger partial charge in [-0.2, -0.15) is 10.4 Å². The van der Waals surface area contributed by atoms with Crippen LogP contribution in [0.25, 0.3) is 5.69 Å².